The Hall–Kier alpha value is -1.44. The third kappa shape index (κ3) is 4.80. The molecule has 2 nitrogen and oxygen atoms in total. The highest BCUT2D eigenvalue weighted by molar-refractivity contribution is 5.88. The zero-order valence-corrected chi connectivity index (χ0v) is 13.5. The highest BCUT2D eigenvalue weighted by Gasteiger charge is 2.07. The van der Waals surface area contributed by atoms with Crippen LogP contribution in [0.2, 0.25) is 0 Å². The van der Waals surface area contributed by atoms with Crippen molar-refractivity contribution in [3.05, 3.63) is 29.8 Å². The summed E-state index contributed by atoms with van der Waals surface area (Å²) in [6, 6.07) is 8.42. The van der Waals surface area contributed by atoms with Crippen LogP contribution >= 0.6 is 0 Å². The SMILES string of the molecule is CCCCCCCCCCCc1c(N)[nH]c2ccccc12. The third-order valence-corrected chi connectivity index (χ3v) is 4.38. The molecule has 0 aliphatic rings. The van der Waals surface area contributed by atoms with Crippen molar-refractivity contribution in [2.75, 3.05) is 5.73 Å². The van der Waals surface area contributed by atoms with E-state index in [0.717, 1.165) is 12.2 Å². The van der Waals surface area contributed by atoms with E-state index in [-0.39, 0.29) is 0 Å². The van der Waals surface area contributed by atoms with E-state index in [1.54, 1.807) is 0 Å². The molecule has 116 valence electrons. The van der Waals surface area contributed by atoms with Crippen LogP contribution < -0.4 is 5.73 Å². The summed E-state index contributed by atoms with van der Waals surface area (Å²) in [7, 11) is 0. The number of rotatable bonds is 10. The number of nitrogen functional groups attached to an aromatic ring is 1. The lowest BCUT2D eigenvalue weighted by atomic mass is 10.0. The van der Waals surface area contributed by atoms with Crippen LogP contribution in [0.3, 0.4) is 0 Å². The second-order valence-corrected chi connectivity index (χ2v) is 6.14. The first kappa shape index (κ1) is 15.9. The standard InChI is InChI=1S/C19H30N2/c1-2-3-4-5-6-7-8-9-10-14-17-16-13-11-12-15-18(16)21-19(17)20/h11-13,15,21H,2-10,14,20H2,1H3. The number of nitrogens with one attached hydrogen (secondary N) is 1. The topological polar surface area (TPSA) is 41.8 Å². The van der Waals surface area contributed by atoms with Crippen molar-refractivity contribution in [3.8, 4) is 0 Å². The Labute approximate surface area is 129 Å². The molecule has 0 amide bonds. The number of hydrogen-bond donors (Lipinski definition) is 2. The second-order valence-electron chi connectivity index (χ2n) is 6.14. The fourth-order valence-electron chi connectivity index (χ4n) is 3.10. The van der Waals surface area contributed by atoms with Crippen LogP contribution in [0, 0.1) is 0 Å². The number of anilines is 1. The van der Waals surface area contributed by atoms with Crippen LogP contribution in [0.15, 0.2) is 24.3 Å². The van der Waals surface area contributed by atoms with Crippen LogP contribution in [0.5, 0.6) is 0 Å². The van der Waals surface area contributed by atoms with Gasteiger partial charge in [0, 0.05) is 16.5 Å². The third-order valence-electron chi connectivity index (χ3n) is 4.38. The van der Waals surface area contributed by atoms with Gasteiger partial charge in [-0.05, 0) is 18.9 Å². The molecule has 0 atom stereocenters. The highest BCUT2D eigenvalue weighted by atomic mass is 14.8. The molecule has 1 aromatic carbocycles. The summed E-state index contributed by atoms with van der Waals surface area (Å²) in [5.41, 5.74) is 8.59. The lowest BCUT2D eigenvalue weighted by molar-refractivity contribution is 0.565. The Bertz CT molecular complexity index is 527. The number of hydrogen-bond acceptors (Lipinski definition) is 1. The number of H-pyrrole nitrogens is 1. The first-order valence-corrected chi connectivity index (χ1v) is 8.68. The summed E-state index contributed by atoms with van der Waals surface area (Å²) in [5.74, 6) is 0.857. The smallest absolute Gasteiger partial charge is 0.104 e. The normalized spacial score (nSPS) is 11.3. The fourth-order valence-corrected chi connectivity index (χ4v) is 3.10. The van der Waals surface area contributed by atoms with Crippen LogP contribution in [0.4, 0.5) is 5.82 Å². The molecular formula is C19H30N2. The molecule has 0 bridgehead atoms. The van der Waals surface area contributed by atoms with E-state index >= 15 is 0 Å². The summed E-state index contributed by atoms with van der Waals surface area (Å²) in [5, 5.41) is 1.30. The van der Waals surface area contributed by atoms with Gasteiger partial charge < -0.3 is 10.7 Å². The average molecular weight is 286 g/mol. The molecule has 0 saturated heterocycles. The number of aromatic nitrogens is 1. The molecule has 0 radical (unpaired) electrons. The fraction of sp³-hybridized carbons (Fsp3) is 0.579. The minimum Gasteiger partial charge on any atom is -0.385 e. The number of nitrogens with two attached hydrogens (primary N) is 1. The molecule has 0 aliphatic carbocycles. The number of benzene rings is 1. The zero-order chi connectivity index (χ0) is 14.9. The Morgan fingerprint density at radius 1 is 0.857 bits per heavy atom. The molecule has 2 rings (SSSR count). The van der Waals surface area contributed by atoms with E-state index in [1.165, 1.54) is 74.3 Å². The van der Waals surface area contributed by atoms with E-state index in [9.17, 15) is 0 Å². The molecule has 2 aromatic rings. The minimum absolute atomic E-state index is 0.857. The first-order chi connectivity index (χ1) is 10.3. The van der Waals surface area contributed by atoms with Gasteiger partial charge in [-0.15, -0.1) is 0 Å². The summed E-state index contributed by atoms with van der Waals surface area (Å²) < 4.78 is 0. The van der Waals surface area contributed by atoms with Gasteiger partial charge in [0.05, 0.1) is 0 Å². The summed E-state index contributed by atoms with van der Waals surface area (Å²) >= 11 is 0. The lowest BCUT2D eigenvalue weighted by Gasteiger charge is -2.03. The van der Waals surface area contributed by atoms with Crippen molar-refractivity contribution in [2.45, 2.75) is 71.1 Å². The van der Waals surface area contributed by atoms with Gasteiger partial charge in [0.1, 0.15) is 5.82 Å². The quantitative estimate of drug-likeness (QED) is 0.531. The molecule has 0 aliphatic heterocycles. The zero-order valence-electron chi connectivity index (χ0n) is 13.5. The van der Waals surface area contributed by atoms with Gasteiger partial charge in [-0.1, -0.05) is 76.5 Å². The van der Waals surface area contributed by atoms with Gasteiger partial charge in [-0.2, -0.15) is 0 Å². The Kier molecular flexibility index (Phi) is 6.65. The molecule has 0 fully saturated rings. The van der Waals surface area contributed by atoms with E-state index < -0.39 is 0 Å². The van der Waals surface area contributed by atoms with Crippen molar-refractivity contribution in [1.82, 2.24) is 4.98 Å². The summed E-state index contributed by atoms with van der Waals surface area (Å²) in [4.78, 5) is 3.29. The van der Waals surface area contributed by atoms with Crippen molar-refractivity contribution in [3.63, 3.8) is 0 Å². The lowest BCUT2D eigenvalue weighted by Crippen LogP contribution is -1.92. The molecule has 1 aromatic heterocycles. The molecule has 0 spiro atoms. The van der Waals surface area contributed by atoms with Gasteiger partial charge in [0.15, 0.2) is 0 Å². The average Bonchev–Trinajstić information content (AvgIpc) is 2.81. The van der Waals surface area contributed by atoms with Gasteiger partial charge in [0.25, 0.3) is 0 Å². The van der Waals surface area contributed by atoms with Crippen molar-refractivity contribution in [1.29, 1.82) is 0 Å². The summed E-state index contributed by atoms with van der Waals surface area (Å²) in [6.45, 7) is 2.27. The molecular weight excluding hydrogens is 256 g/mol. The molecule has 3 N–H and O–H groups in total. The minimum atomic E-state index is 0.857. The van der Waals surface area contributed by atoms with Crippen LogP contribution in [-0.4, -0.2) is 4.98 Å². The van der Waals surface area contributed by atoms with Crippen molar-refractivity contribution >= 4 is 16.7 Å². The molecule has 1 heterocycles. The second kappa shape index (κ2) is 8.76. The predicted octanol–water partition coefficient (Wildman–Crippen LogP) is 5.82. The Morgan fingerprint density at radius 2 is 1.48 bits per heavy atom. The van der Waals surface area contributed by atoms with E-state index in [1.807, 2.05) is 0 Å². The molecule has 21 heavy (non-hydrogen) atoms. The number of aromatic amines is 1. The van der Waals surface area contributed by atoms with E-state index in [0.29, 0.717) is 0 Å². The number of fused-ring (bicyclic) bond motifs is 1. The largest absolute Gasteiger partial charge is 0.385 e. The van der Waals surface area contributed by atoms with Gasteiger partial charge in [0.2, 0.25) is 0 Å². The molecule has 2 heteroatoms. The predicted molar refractivity (Wildman–Crippen MR) is 93.6 cm³/mol. The van der Waals surface area contributed by atoms with E-state index in [4.69, 9.17) is 5.73 Å². The summed E-state index contributed by atoms with van der Waals surface area (Å²) in [6.07, 6.45) is 13.4. The Morgan fingerprint density at radius 3 is 2.19 bits per heavy atom. The van der Waals surface area contributed by atoms with Gasteiger partial charge in [-0.3, -0.25) is 0 Å². The molecule has 0 saturated carbocycles. The number of aryl methyl sites for hydroxylation is 1. The van der Waals surface area contributed by atoms with Crippen LogP contribution in [-0.2, 0) is 6.42 Å². The maximum Gasteiger partial charge on any atom is 0.104 e. The first-order valence-electron chi connectivity index (χ1n) is 8.68. The monoisotopic (exact) mass is 286 g/mol. The van der Waals surface area contributed by atoms with Gasteiger partial charge in [-0.25, -0.2) is 0 Å². The van der Waals surface area contributed by atoms with Crippen molar-refractivity contribution in [2.24, 2.45) is 0 Å². The Balaban J connectivity index is 1.65. The van der Waals surface area contributed by atoms with Crippen LogP contribution in [0.25, 0.3) is 10.9 Å². The molecule has 0 unspecified atom stereocenters. The number of para-hydroxylation sites is 1. The van der Waals surface area contributed by atoms with Gasteiger partial charge >= 0.3 is 0 Å². The maximum absolute atomic E-state index is 6.11. The van der Waals surface area contributed by atoms with Crippen molar-refractivity contribution < 1.29 is 0 Å². The number of unbranched alkanes of at least 4 members (excludes halogenated alkanes) is 8. The van der Waals surface area contributed by atoms with E-state index in [2.05, 4.69) is 36.2 Å². The maximum atomic E-state index is 6.11. The van der Waals surface area contributed by atoms with Crippen LogP contribution in [0.1, 0.15) is 70.3 Å². The highest BCUT2D eigenvalue weighted by Crippen LogP contribution is 2.25.